The lowest BCUT2D eigenvalue weighted by molar-refractivity contribution is -0.295. The maximum absolute atomic E-state index is 14.4. The Morgan fingerprint density at radius 2 is 1.74 bits per heavy atom. The molecule has 4 aliphatic heterocycles. The van der Waals surface area contributed by atoms with Gasteiger partial charge in [-0.1, -0.05) is 27.7 Å². The van der Waals surface area contributed by atoms with Gasteiger partial charge in [-0.15, -0.1) is 0 Å². The van der Waals surface area contributed by atoms with E-state index in [9.17, 15) is 19.5 Å². The second kappa shape index (κ2) is 17.3. The first-order chi connectivity index (χ1) is 27.4. The number of hydrogen-bond donors (Lipinski definition) is 1. The molecule has 3 fully saturated rings. The number of rotatable bonds is 10. The Kier molecular flexibility index (Phi) is 13.0. The predicted octanol–water partition coefficient (Wildman–Crippen LogP) is 4.56. The molecule has 4 aliphatic rings. The molecule has 2 aromatic rings. The van der Waals surface area contributed by atoms with Crippen LogP contribution in [-0.4, -0.2) is 140 Å². The van der Waals surface area contributed by atoms with Crippen LogP contribution in [0.1, 0.15) is 81.1 Å². The highest BCUT2D eigenvalue weighted by Crippen LogP contribution is 2.45. The first-order valence-electron chi connectivity index (χ1n) is 20.7. The van der Waals surface area contributed by atoms with Crippen molar-refractivity contribution in [1.29, 1.82) is 0 Å². The Bertz CT molecular complexity index is 1810. The van der Waals surface area contributed by atoms with Gasteiger partial charge < -0.3 is 38.3 Å². The number of likely N-dealkylation sites (N-methyl/N-ethyl adjacent to an activating group) is 1. The van der Waals surface area contributed by atoms with Crippen molar-refractivity contribution in [2.45, 2.75) is 142 Å². The highest BCUT2D eigenvalue weighted by molar-refractivity contribution is 6.00. The van der Waals surface area contributed by atoms with Gasteiger partial charge in [0.05, 0.1) is 36.4 Å². The summed E-state index contributed by atoms with van der Waals surface area (Å²) in [6.07, 6.45) is 4.41. The minimum Gasteiger partial charge on any atom is -0.457 e. The van der Waals surface area contributed by atoms with Crippen LogP contribution in [0.3, 0.4) is 0 Å². The van der Waals surface area contributed by atoms with Gasteiger partial charge in [0.2, 0.25) is 0 Å². The summed E-state index contributed by atoms with van der Waals surface area (Å²) in [6.45, 7) is 15.8. The number of aryl methyl sites for hydroxylation is 1. The Morgan fingerprint density at radius 1 is 1.03 bits per heavy atom. The molecule has 0 aliphatic carbocycles. The number of carbonyl (C=O) groups is 3. The maximum Gasteiger partial charge on any atom is 0.431 e. The van der Waals surface area contributed by atoms with E-state index in [0.717, 1.165) is 17.0 Å². The molecule has 6 rings (SSSR count). The van der Waals surface area contributed by atoms with Gasteiger partial charge >= 0.3 is 12.1 Å². The zero-order valence-electron chi connectivity index (χ0n) is 35.9. The van der Waals surface area contributed by atoms with Crippen molar-refractivity contribution in [2.24, 2.45) is 28.8 Å². The third-order valence-electron chi connectivity index (χ3n) is 12.9. The number of aromatic nitrogens is 3. The van der Waals surface area contributed by atoms with Gasteiger partial charge in [0, 0.05) is 61.4 Å². The summed E-state index contributed by atoms with van der Waals surface area (Å²) in [5.41, 5.74) is 0.187. The van der Waals surface area contributed by atoms with E-state index < -0.39 is 71.5 Å². The van der Waals surface area contributed by atoms with Crippen molar-refractivity contribution in [1.82, 2.24) is 29.6 Å². The van der Waals surface area contributed by atoms with Gasteiger partial charge in [-0.05, 0) is 85.5 Å². The third kappa shape index (κ3) is 8.27. The molecule has 58 heavy (non-hydrogen) atoms. The van der Waals surface area contributed by atoms with Crippen LogP contribution in [-0.2, 0) is 39.8 Å². The number of imidazole rings is 1. The van der Waals surface area contributed by atoms with Gasteiger partial charge in [0.25, 0.3) is 0 Å². The Morgan fingerprint density at radius 3 is 2.40 bits per heavy atom. The molecule has 3 saturated heterocycles. The summed E-state index contributed by atoms with van der Waals surface area (Å²) in [6, 6.07) is 2.98. The fraction of sp³-hybridized carbons (Fsp3) is 0.714. The number of cyclic esters (lactones) is 1. The molecule has 2 aromatic heterocycles. The number of esters is 1. The van der Waals surface area contributed by atoms with Crippen LogP contribution in [0, 0.1) is 23.7 Å². The van der Waals surface area contributed by atoms with Crippen molar-refractivity contribution in [2.75, 3.05) is 27.7 Å². The molecule has 13 atom stereocenters. The summed E-state index contributed by atoms with van der Waals surface area (Å²) in [5.74, 6) is -3.79. The van der Waals surface area contributed by atoms with Crippen molar-refractivity contribution < 1.29 is 43.2 Å². The number of hydrogen-bond acceptors (Lipinski definition) is 14. The average Bonchev–Trinajstić information content (AvgIpc) is 3.78. The van der Waals surface area contributed by atoms with E-state index in [2.05, 4.69) is 16.9 Å². The smallest absolute Gasteiger partial charge is 0.431 e. The van der Waals surface area contributed by atoms with E-state index in [-0.39, 0.29) is 24.0 Å². The highest BCUT2D eigenvalue weighted by Gasteiger charge is 2.63. The zero-order valence-corrected chi connectivity index (χ0v) is 35.9. The normalized spacial score (nSPS) is 37.4. The lowest BCUT2D eigenvalue weighted by Crippen LogP contribution is -2.63. The molecule has 16 nitrogen and oxygen atoms in total. The molecular formula is C42H63N7O9. The molecule has 0 aromatic carbocycles. The molecule has 0 spiro atoms. The monoisotopic (exact) mass is 809 g/mol. The SMILES string of the molecule is CC[C@H]1OC(=O)[C@H](C)C(=O)[C@H](C)[C@@H](O[C@H]2O[C@@H](C)C[C@@H](N(C)C)[C@@H]2O)C(C)(OC)C[C@@H](C)C2=NN(CCCn3cnc(-c4ccncc4)c3)N3C(=O)O[C@@]1(C)[C@H]3[C@H]2C. The Balaban J connectivity index is 1.37. The van der Waals surface area contributed by atoms with Crippen LogP contribution in [0.5, 0.6) is 0 Å². The number of ketones is 1. The number of aliphatic hydroxyl groups excluding tert-OH is 1. The molecule has 0 saturated carbocycles. The molecule has 0 radical (unpaired) electrons. The third-order valence-corrected chi connectivity index (χ3v) is 12.9. The molecule has 1 amide bonds. The number of nitrogens with zero attached hydrogens (tertiary/aromatic N) is 7. The minimum absolute atomic E-state index is 0.229. The standard InChI is InChI=1S/C42H63N7O9/c1-12-32-42(8)36-26(4)33(45-48(49(36)40(53)58-42)19-13-18-47-22-30(44-23-47)29-14-16-43-17-15-29)24(2)21-41(7,54-11)37(27(5)34(50)28(6)38(52)56-32)57-39-35(51)31(46(9)10)20-25(3)55-39/h14-17,22-28,31-32,35-37,39,51H,12-13,18-21H2,1-11H3/t24-,25+,26+,27+,28-,31-,32-,35+,36-,37-,39-,41?,42-/m1/s1. The van der Waals surface area contributed by atoms with E-state index in [0.29, 0.717) is 38.8 Å². The molecule has 16 heteroatoms. The molecule has 320 valence electrons. The van der Waals surface area contributed by atoms with Crippen molar-refractivity contribution in [3.8, 4) is 11.3 Å². The number of aliphatic hydroxyl groups is 1. The van der Waals surface area contributed by atoms with E-state index in [4.69, 9.17) is 28.8 Å². The zero-order chi connectivity index (χ0) is 42.3. The number of hydrazone groups is 1. The lowest BCUT2D eigenvalue weighted by Gasteiger charge is -2.49. The van der Waals surface area contributed by atoms with Gasteiger partial charge in [0.1, 0.15) is 24.2 Å². The van der Waals surface area contributed by atoms with Gasteiger partial charge in [0.15, 0.2) is 17.7 Å². The van der Waals surface area contributed by atoms with Crippen molar-refractivity contribution in [3.05, 3.63) is 37.1 Å². The van der Waals surface area contributed by atoms with Gasteiger partial charge in [-0.2, -0.15) is 15.2 Å². The van der Waals surface area contributed by atoms with E-state index in [1.54, 1.807) is 42.9 Å². The Hall–Kier alpha value is -3.96. The summed E-state index contributed by atoms with van der Waals surface area (Å²) < 4.78 is 33.7. The largest absolute Gasteiger partial charge is 0.457 e. The van der Waals surface area contributed by atoms with Gasteiger partial charge in [-0.25, -0.2) is 9.78 Å². The first kappa shape index (κ1) is 43.6. The average molecular weight is 810 g/mol. The molecular weight excluding hydrogens is 747 g/mol. The molecule has 2 bridgehead atoms. The topological polar surface area (TPSA) is 170 Å². The van der Waals surface area contributed by atoms with Crippen LogP contribution in [0.15, 0.2) is 42.2 Å². The summed E-state index contributed by atoms with van der Waals surface area (Å²) in [5, 5.41) is 20.0. The fourth-order valence-corrected chi connectivity index (χ4v) is 9.67. The van der Waals surface area contributed by atoms with Crippen molar-refractivity contribution in [3.63, 3.8) is 0 Å². The minimum atomic E-state index is -1.27. The van der Waals surface area contributed by atoms with Crippen LogP contribution < -0.4 is 0 Å². The maximum atomic E-state index is 14.4. The number of carbonyl (C=O) groups excluding carboxylic acids is 3. The summed E-state index contributed by atoms with van der Waals surface area (Å²) >= 11 is 0. The number of hydrazine groups is 1. The predicted molar refractivity (Wildman–Crippen MR) is 214 cm³/mol. The fourth-order valence-electron chi connectivity index (χ4n) is 9.67. The molecule has 1 N–H and O–H groups in total. The highest BCUT2D eigenvalue weighted by atomic mass is 16.7. The van der Waals surface area contributed by atoms with E-state index in [1.165, 1.54) is 6.92 Å². The van der Waals surface area contributed by atoms with Crippen LogP contribution >= 0.6 is 0 Å². The van der Waals surface area contributed by atoms with Crippen LogP contribution in [0.2, 0.25) is 0 Å². The number of Topliss-reactive ketones (excluding diaryl/α,β-unsaturated/α-hetero) is 1. The molecule has 1 unspecified atom stereocenters. The van der Waals surface area contributed by atoms with E-state index >= 15 is 0 Å². The van der Waals surface area contributed by atoms with Crippen molar-refractivity contribution >= 4 is 23.6 Å². The molecule has 6 heterocycles. The van der Waals surface area contributed by atoms with Crippen LogP contribution in [0.4, 0.5) is 4.79 Å². The number of methoxy groups -OCH3 is 1. The van der Waals surface area contributed by atoms with Gasteiger partial charge in [-0.3, -0.25) is 14.6 Å². The van der Waals surface area contributed by atoms with E-state index in [1.807, 2.05) is 76.5 Å². The number of pyridine rings is 1. The first-order valence-corrected chi connectivity index (χ1v) is 20.7. The number of fused-ring (bicyclic) bond motifs is 1. The number of amides is 1. The Labute approximate surface area is 342 Å². The van der Waals surface area contributed by atoms with Crippen LogP contribution in [0.25, 0.3) is 11.3 Å². The summed E-state index contributed by atoms with van der Waals surface area (Å²) in [7, 11) is 5.38. The summed E-state index contributed by atoms with van der Waals surface area (Å²) in [4.78, 5) is 53.0. The quantitative estimate of drug-likeness (QED) is 0.262. The number of ether oxygens (including phenoxy) is 5. The second-order valence-electron chi connectivity index (χ2n) is 17.3. The second-order valence-corrected chi connectivity index (χ2v) is 17.3. The lowest BCUT2D eigenvalue weighted by atomic mass is 9.73.